The van der Waals surface area contributed by atoms with E-state index in [1.807, 2.05) is 13.8 Å². The second-order valence-corrected chi connectivity index (χ2v) is 6.55. The molecule has 1 atom stereocenters. The van der Waals surface area contributed by atoms with Crippen LogP contribution in [0.25, 0.3) is 0 Å². The Kier molecular flexibility index (Phi) is 4.22. The van der Waals surface area contributed by atoms with Gasteiger partial charge in [0.05, 0.1) is 5.60 Å². The van der Waals surface area contributed by atoms with Crippen molar-refractivity contribution in [3.63, 3.8) is 0 Å². The fraction of sp³-hybridized carbons (Fsp3) is 0.857. The fourth-order valence-corrected chi connectivity index (χ4v) is 3.35. The maximum absolute atomic E-state index is 12.6. The number of rotatable bonds is 3. The van der Waals surface area contributed by atoms with Gasteiger partial charge in [-0.2, -0.15) is 0 Å². The maximum Gasteiger partial charge on any atom is 0.234 e. The van der Waals surface area contributed by atoms with Crippen LogP contribution >= 0.6 is 0 Å². The molecule has 1 aliphatic heterocycles. The summed E-state index contributed by atoms with van der Waals surface area (Å²) >= 11 is 0. The maximum atomic E-state index is 12.6. The topological polar surface area (TPSA) is 96.9 Å². The summed E-state index contributed by atoms with van der Waals surface area (Å²) in [6.07, 6.45) is 4.76. The molecular formula is C14H25N3O3. The molecule has 0 aromatic heterocycles. The van der Waals surface area contributed by atoms with Crippen LogP contribution in [-0.4, -0.2) is 35.2 Å². The van der Waals surface area contributed by atoms with E-state index in [-0.39, 0.29) is 23.4 Å². The van der Waals surface area contributed by atoms with E-state index in [0.717, 1.165) is 25.7 Å². The van der Waals surface area contributed by atoms with E-state index in [9.17, 15) is 4.79 Å². The lowest BCUT2D eigenvalue weighted by atomic mass is 9.83. The Bertz CT molecular complexity index is 400. The first kappa shape index (κ1) is 15.1. The number of nitrogens with zero attached hydrogens (tertiary/aromatic N) is 1. The van der Waals surface area contributed by atoms with Crippen molar-refractivity contribution in [1.82, 2.24) is 5.32 Å². The molecule has 4 N–H and O–H groups in total. The number of carbonyl (C=O) groups excluding carboxylic acids is 1. The average Bonchev–Trinajstić information content (AvgIpc) is 2.87. The van der Waals surface area contributed by atoms with Gasteiger partial charge in [-0.1, -0.05) is 18.0 Å². The molecule has 20 heavy (non-hydrogen) atoms. The van der Waals surface area contributed by atoms with E-state index >= 15 is 0 Å². The Balaban J connectivity index is 2.06. The third-order valence-corrected chi connectivity index (χ3v) is 4.52. The number of nitrogens with one attached hydrogen (secondary N) is 1. The highest BCUT2D eigenvalue weighted by molar-refractivity contribution is 6.07. The molecule has 1 saturated carbocycles. The molecule has 1 unspecified atom stereocenters. The van der Waals surface area contributed by atoms with E-state index in [0.29, 0.717) is 19.4 Å². The summed E-state index contributed by atoms with van der Waals surface area (Å²) in [6, 6.07) is 0.0928. The average molecular weight is 283 g/mol. The molecule has 2 rings (SSSR count). The van der Waals surface area contributed by atoms with E-state index < -0.39 is 5.41 Å². The number of oxime groups is 1. The number of ether oxygens (including phenoxy) is 1. The van der Waals surface area contributed by atoms with Crippen LogP contribution < -0.4 is 11.1 Å². The summed E-state index contributed by atoms with van der Waals surface area (Å²) < 4.78 is 5.66. The van der Waals surface area contributed by atoms with Gasteiger partial charge in [0.1, 0.15) is 5.41 Å². The molecule has 0 spiro atoms. The predicted octanol–water partition coefficient (Wildman–Crippen LogP) is 1.37. The largest absolute Gasteiger partial charge is 0.409 e. The zero-order valence-electron chi connectivity index (χ0n) is 12.3. The van der Waals surface area contributed by atoms with Crippen LogP contribution in [0.4, 0.5) is 0 Å². The first-order valence-corrected chi connectivity index (χ1v) is 7.33. The normalized spacial score (nSPS) is 29.1. The fourth-order valence-electron chi connectivity index (χ4n) is 3.35. The number of nitrogens with two attached hydrogens (primary N) is 1. The number of amides is 1. The summed E-state index contributed by atoms with van der Waals surface area (Å²) in [6.45, 7) is 4.70. The minimum atomic E-state index is -0.822. The SMILES string of the molecule is CC1(C)CC(NC(=O)C2(C(N)=NO)CCCC2)CCO1. The summed E-state index contributed by atoms with van der Waals surface area (Å²) in [7, 11) is 0. The van der Waals surface area contributed by atoms with E-state index in [2.05, 4.69) is 10.5 Å². The zero-order valence-corrected chi connectivity index (χ0v) is 12.3. The van der Waals surface area contributed by atoms with Gasteiger partial charge in [-0.25, -0.2) is 0 Å². The van der Waals surface area contributed by atoms with Gasteiger partial charge in [-0.05, 0) is 39.5 Å². The van der Waals surface area contributed by atoms with Crippen molar-refractivity contribution < 1.29 is 14.7 Å². The van der Waals surface area contributed by atoms with Crippen LogP contribution in [0.1, 0.15) is 52.4 Å². The highest BCUT2D eigenvalue weighted by atomic mass is 16.5. The molecule has 6 nitrogen and oxygen atoms in total. The molecule has 1 heterocycles. The Morgan fingerprint density at radius 1 is 1.40 bits per heavy atom. The molecule has 0 aromatic carbocycles. The second-order valence-electron chi connectivity index (χ2n) is 6.55. The minimum absolute atomic E-state index is 0.0406. The van der Waals surface area contributed by atoms with Crippen molar-refractivity contribution in [3.05, 3.63) is 0 Å². The number of hydrogen-bond acceptors (Lipinski definition) is 4. The van der Waals surface area contributed by atoms with Crippen molar-refractivity contribution >= 4 is 11.7 Å². The van der Waals surface area contributed by atoms with Gasteiger partial charge in [0.25, 0.3) is 0 Å². The van der Waals surface area contributed by atoms with Crippen molar-refractivity contribution in [3.8, 4) is 0 Å². The molecule has 0 aromatic rings. The molecule has 2 aliphatic rings. The van der Waals surface area contributed by atoms with Crippen LogP contribution in [0, 0.1) is 5.41 Å². The predicted molar refractivity (Wildman–Crippen MR) is 75.5 cm³/mol. The van der Waals surface area contributed by atoms with Gasteiger partial charge >= 0.3 is 0 Å². The lowest BCUT2D eigenvalue weighted by molar-refractivity contribution is -0.130. The molecule has 6 heteroatoms. The second kappa shape index (κ2) is 5.60. The molecule has 1 amide bonds. The Labute approximate surface area is 119 Å². The monoisotopic (exact) mass is 283 g/mol. The highest BCUT2D eigenvalue weighted by Crippen LogP contribution is 2.39. The lowest BCUT2D eigenvalue weighted by Crippen LogP contribution is -2.53. The smallest absolute Gasteiger partial charge is 0.234 e. The van der Waals surface area contributed by atoms with Gasteiger partial charge in [-0.15, -0.1) is 0 Å². The molecule has 1 saturated heterocycles. The van der Waals surface area contributed by atoms with Gasteiger partial charge in [0.15, 0.2) is 5.84 Å². The van der Waals surface area contributed by atoms with Crippen molar-refractivity contribution in [2.45, 2.75) is 64.0 Å². The van der Waals surface area contributed by atoms with E-state index in [4.69, 9.17) is 15.7 Å². The van der Waals surface area contributed by atoms with Crippen LogP contribution in [0.2, 0.25) is 0 Å². The molecule has 114 valence electrons. The van der Waals surface area contributed by atoms with E-state index in [1.54, 1.807) is 0 Å². The van der Waals surface area contributed by atoms with Gasteiger partial charge in [0.2, 0.25) is 5.91 Å². The third-order valence-electron chi connectivity index (χ3n) is 4.52. The summed E-state index contributed by atoms with van der Waals surface area (Å²) in [5, 5.41) is 15.1. The number of carbonyl (C=O) groups is 1. The standard InChI is InChI=1S/C14H25N3O3/c1-13(2)9-10(5-8-20-13)16-12(18)14(11(15)17-19)6-3-4-7-14/h10,19H,3-9H2,1-2H3,(H2,15,17)(H,16,18). The lowest BCUT2D eigenvalue weighted by Gasteiger charge is -2.37. The summed E-state index contributed by atoms with van der Waals surface area (Å²) in [5.41, 5.74) is 4.75. The van der Waals surface area contributed by atoms with Gasteiger partial charge < -0.3 is 21.0 Å². The van der Waals surface area contributed by atoms with Crippen LogP contribution in [0.5, 0.6) is 0 Å². The number of hydrogen-bond donors (Lipinski definition) is 3. The van der Waals surface area contributed by atoms with E-state index in [1.165, 1.54) is 0 Å². The summed E-state index contributed by atoms with van der Waals surface area (Å²) in [4.78, 5) is 12.6. The molecule has 1 aliphatic carbocycles. The first-order valence-electron chi connectivity index (χ1n) is 7.33. The van der Waals surface area contributed by atoms with Crippen LogP contribution in [0.15, 0.2) is 5.16 Å². The zero-order chi connectivity index (χ0) is 14.8. The quantitative estimate of drug-likeness (QED) is 0.315. The Hall–Kier alpha value is -1.30. The molecular weight excluding hydrogens is 258 g/mol. The highest BCUT2D eigenvalue weighted by Gasteiger charge is 2.46. The molecule has 0 bridgehead atoms. The minimum Gasteiger partial charge on any atom is -0.409 e. The Morgan fingerprint density at radius 3 is 2.60 bits per heavy atom. The number of amidine groups is 1. The first-order chi connectivity index (χ1) is 9.39. The van der Waals surface area contributed by atoms with Crippen LogP contribution in [0.3, 0.4) is 0 Å². The van der Waals surface area contributed by atoms with Crippen molar-refractivity contribution in [2.75, 3.05) is 6.61 Å². The van der Waals surface area contributed by atoms with Crippen molar-refractivity contribution in [2.24, 2.45) is 16.3 Å². The Morgan fingerprint density at radius 2 is 2.05 bits per heavy atom. The third kappa shape index (κ3) is 2.90. The van der Waals surface area contributed by atoms with Gasteiger partial charge in [-0.3, -0.25) is 4.79 Å². The van der Waals surface area contributed by atoms with Crippen molar-refractivity contribution in [1.29, 1.82) is 0 Å². The molecule has 2 fully saturated rings. The van der Waals surface area contributed by atoms with Crippen LogP contribution in [-0.2, 0) is 9.53 Å². The summed E-state index contributed by atoms with van der Waals surface area (Å²) in [5.74, 6) is -0.0631. The molecule has 0 radical (unpaired) electrons. The van der Waals surface area contributed by atoms with Gasteiger partial charge in [0, 0.05) is 12.6 Å².